The second-order valence-corrected chi connectivity index (χ2v) is 34.0. The van der Waals surface area contributed by atoms with Gasteiger partial charge in [0.15, 0.2) is 0 Å². The van der Waals surface area contributed by atoms with Gasteiger partial charge in [0, 0.05) is 99.2 Å². The molecular formula is C111H102N20O8. The number of imidazole rings is 5. The first-order chi connectivity index (χ1) is 67.4. The second-order valence-electron chi connectivity index (χ2n) is 34.0. The van der Waals surface area contributed by atoms with E-state index in [1.807, 2.05) is 265 Å². The first-order valence-corrected chi connectivity index (χ1v) is 45.5. The van der Waals surface area contributed by atoms with Gasteiger partial charge in [-0.25, -0.2) is 24.9 Å². The molecule has 0 amide bonds. The Kier molecular flexibility index (Phi) is 26.5. The fourth-order valence-corrected chi connectivity index (χ4v) is 17.4. The number of pyridine rings is 5. The van der Waals surface area contributed by atoms with E-state index in [2.05, 4.69) is 195 Å². The lowest BCUT2D eigenvalue weighted by Gasteiger charge is -2.17. The number of hydrogen-bond donors (Lipinski definition) is 6. The van der Waals surface area contributed by atoms with E-state index in [1.165, 1.54) is 16.7 Å². The highest BCUT2D eigenvalue weighted by Gasteiger charge is 2.25. The van der Waals surface area contributed by atoms with E-state index in [0.717, 1.165) is 216 Å². The van der Waals surface area contributed by atoms with Crippen LogP contribution in [-0.2, 0) is 16.1 Å². The Morgan fingerprint density at radius 2 is 0.612 bits per heavy atom. The fourth-order valence-electron chi connectivity index (χ4n) is 17.4. The van der Waals surface area contributed by atoms with Crippen LogP contribution in [0.5, 0.6) is 0 Å². The van der Waals surface area contributed by atoms with E-state index in [-0.39, 0.29) is 24.9 Å². The Labute approximate surface area is 800 Å². The van der Waals surface area contributed by atoms with Crippen molar-refractivity contribution in [2.45, 2.75) is 103 Å². The molecule has 0 aliphatic heterocycles. The SMILES string of the molecule is CC(=O)CNc1c(-c2ccc(-c3c(C)noc3C)cc2)nc2ccccn12.Cc1ccc2nc(-c3ccc(-c4c(C)noc4C)cc3)c(NCc3ccccc3)n2c1.Cc1noc(C)c1-c1ccc(-c2nc3ccccn3c2N)cc1.Cc1noc(C)c1-c1ccc(-c2nc3ccccn3c2NCC(=O)O)cc1.Cc1noc(C)c1-c1ccc(-c2nc3ccccn3c2N[C@@H](C)c2ccccc2)cc1. The largest absolute Gasteiger partial charge is 0.480 e. The van der Waals surface area contributed by atoms with Gasteiger partial charge in [-0.2, -0.15) is 0 Å². The second kappa shape index (κ2) is 40.2. The number of carboxylic acids is 1. The van der Waals surface area contributed by atoms with E-state index in [4.69, 9.17) is 48.4 Å². The van der Waals surface area contributed by atoms with Crippen LogP contribution in [0.2, 0.25) is 0 Å². The number of rotatable bonds is 22. The summed E-state index contributed by atoms with van der Waals surface area (Å²) in [6.45, 7) is 26.0. The maximum Gasteiger partial charge on any atom is 0.322 e. The fraction of sp³-hybridized carbons (Fsp3) is 0.153. The monoisotopic (exact) mass is 1840 g/mol. The number of aryl methyl sites for hydroxylation is 11. The van der Waals surface area contributed by atoms with E-state index >= 15 is 0 Å². The number of Topliss-reactive ketones (excluding diaryl/α,β-unsaturated/α-hetero) is 1. The number of ketones is 1. The van der Waals surface area contributed by atoms with Gasteiger partial charge in [-0.15, -0.1) is 0 Å². The van der Waals surface area contributed by atoms with Crippen molar-refractivity contribution in [2.75, 3.05) is 40.1 Å². The van der Waals surface area contributed by atoms with Gasteiger partial charge in [0.05, 0.1) is 35.0 Å². The first kappa shape index (κ1) is 91.7. The summed E-state index contributed by atoms with van der Waals surface area (Å²) in [6.07, 6.45) is 9.88. The Hall–Kier alpha value is -17.8. The van der Waals surface area contributed by atoms with Crippen molar-refractivity contribution in [2.24, 2.45) is 0 Å². The van der Waals surface area contributed by atoms with E-state index in [1.54, 1.807) is 6.92 Å². The van der Waals surface area contributed by atoms with Gasteiger partial charge in [0.25, 0.3) is 0 Å². The molecule has 139 heavy (non-hydrogen) atoms. The summed E-state index contributed by atoms with van der Waals surface area (Å²) < 4.78 is 36.4. The molecule has 28 nitrogen and oxygen atoms in total. The van der Waals surface area contributed by atoms with Crippen LogP contribution < -0.4 is 27.0 Å². The highest BCUT2D eigenvalue weighted by atomic mass is 16.5. The van der Waals surface area contributed by atoms with Gasteiger partial charge in [-0.05, 0) is 189 Å². The zero-order valence-electron chi connectivity index (χ0n) is 79.1. The summed E-state index contributed by atoms with van der Waals surface area (Å²) in [4.78, 5) is 46.4. The summed E-state index contributed by atoms with van der Waals surface area (Å²) in [5.74, 6) is 7.28. The molecule has 0 bridgehead atoms. The molecule has 0 unspecified atom stereocenters. The predicted molar refractivity (Wildman–Crippen MR) is 545 cm³/mol. The number of nitrogens with one attached hydrogen (secondary N) is 4. The normalized spacial score (nSPS) is 11.4. The van der Waals surface area contributed by atoms with Crippen molar-refractivity contribution in [3.05, 3.63) is 372 Å². The Morgan fingerprint density at radius 3 is 0.950 bits per heavy atom. The minimum Gasteiger partial charge on any atom is -0.480 e. The number of carbonyl (C=O) groups is 2. The molecule has 0 saturated heterocycles. The third-order valence-electron chi connectivity index (χ3n) is 24.2. The highest BCUT2D eigenvalue weighted by Crippen LogP contribution is 2.41. The molecule has 1 atom stereocenters. The van der Waals surface area contributed by atoms with E-state index in [0.29, 0.717) is 17.3 Å². The number of nitrogen functional groups attached to an aromatic ring is 1. The minimum atomic E-state index is -0.930. The molecule has 7 N–H and O–H groups in total. The maximum absolute atomic E-state index is 11.5. The number of carboxylic acid groups (broad SMARTS) is 1. The van der Waals surface area contributed by atoms with E-state index < -0.39 is 5.97 Å². The first-order valence-electron chi connectivity index (χ1n) is 45.5. The topological polar surface area (TPSA) is 345 Å². The van der Waals surface area contributed by atoms with Gasteiger partial charge < -0.3 is 54.7 Å². The molecule has 28 heteroatoms. The molecule has 694 valence electrons. The smallest absolute Gasteiger partial charge is 0.322 e. The highest BCUT2D eigenvalue weighted by molar-refractivity contribution is 5.87. The number of hydrogen-bond acceptors (Lipinski definition) is 22. The Morgan fingerprint density at radius 1 is 0.324 bits per heavy atom. The van der Waals surface area contributed by atoms with Crippen LogP contribution in [0.3, 0.4) is 0 Å². The zero-order chi connectivity index (χ0) is 96.6. The standard InChI is InChI=1S/2C26H24N4O.C21H20N4O2.C20H18N4O3.C18H16N4O/c1-17(20-9-5-4-6-10-20)27-26-25(28-23-11-7-8-16-30(23)26)22-14-12-21(13-15-22)24-18(2)29-31-19(24)3;1-17-9-14-23-28-25(26(30(23)16-17)27-15-20-7-5-4-6-8-20)22-12-10-21(11-13-22)24-18(2)29-31-19(24)3;1-13(26)12-22-21-20(23-18-6-4-5-11-25(18)21)17-9-7-16(8-10-17)19-14(2)24-27-15(19)3;1-12-18(13(2)27-23-12)14-6-8-15(9-7-14)19-20(21-11-17(25)26)24-10-4-3-5-16(24)22-19;1-11-16(12(2)23-21-11)13-6-8-14(9-7-13)17-18(19)22-10-4-3-5-15(22)20-17/h4-17,27H,1-3H3;4-14,16,27H,15H2,1-3H3;4-11,22H,12H2,1-3H3;3-10,21H,11H2,1-2H3,(H,25,26);3-10H,19H2,1-2H3/t17-;;;;/m0..../s1. The van der Waals surface area contributed by atoms with Gasteiger partial charge in [-0.3, -0.25) is 31.6 Å². The van der Waals surface area contributed by atoms with Crippen molar-refractivity contribution in [1.29, 1.82) is 0 Å². The lowest BCUT2D eigenvalue weighted by molar-refractivity contribution is -0.135. The number of aromatic nitrogens is 15. The average Bonchev–Trinajstić information content (AvgIpc) is 1.63. The third kappa shape index (κ3) is 19.5. The Balaban J connectivity index is 0.000000116. The molecule has 0 radical (unpaired) electrons. The van der Waals surface area contributed by atoms with Crippen LogP contribution in [0.1, 0.15) is 93.9 Å². The molecule has 15 aromatic heterocycles. The number of nitrogens with zero attached hydrogens (tertiary/aromatic N) is 15. The van der Waals surface area contributed by atoms with E-state index in [9.17, 15) is 9.59 Å². The number of carbonyl (C=O) groups excluding carboxylic acids is 1. The molecule has 0 aliphatic rings. The lowest BCUT2D eigenvalue weighted by atomic mass is 10.0. The number of anilines is 5. The van der Waals surface area contributed by atoms with Crippen molar-refractivity contribution in [3.8, 4) is 112 Å². The molecule has 22 rings (SSSR count). The van der Waals surface area contributed by atoms with Gasteiger partial charge in [0.1, 0.15) is 127 Å². The third-order valence-corrected chi connectivity index (χ3v) is 24.2. The quantitative estimate of drug-likeness (QED) is 0.0367. The minimum absolute atomic E-state index is 0.0700. The molecule has 0 spiro atoms. The Bertz CT molecular complexity index is 7770. The van der Waals surface area contributed by atoms with Crippen molar-refractivity contribution < 1.29 is 37.3 Å². The lowest BCUT2D eigenvalue weighted by Crippen LogP contribution is -2.14. The summed E-state index contributed by atoms with van der Waals surface area (Å²) >= 11 is 0. The van der Waals surface area contributed by atoms with Crippen LogP contribution in [0.4, 0.5) is 29.1 Å². The molecular weight excluding hydrogens is 1740 g/mol. The van der Waals surface area contributed by atoms with Gasteiger partial charge >= 0.3 is 5.97 Å². The molecule has 22 aromatic rings. The van der Waals surface area contributed by atoms with Crippen molar-refractivity contribution >= 4 is 69.1 Å². The maximum atomic E-state index is 11.5. The zero-order valence-corrected chi connectivity index (χ0v) is 79.1. The molecule has 0 fully saturated rings. The van der Waals surface area contributed by atoms with Gasteiger partial charge in [-0.1, -0.05) is 238 Å². The molecule has 0 aliphatic carbocycles. The summed E-state index contributed by atoms with van der Waals surface area (Å²) in [7, 11) is 0. The number of benzene rings is 7. The van der Waals surface area contributed by atoms with Crippen molar-refractivity contribution in [3.63, 3.8) is 0 Å². The molecule has 15 heterocycles. The molecule has 0 saturated carbocycles. The van der Waals surface area contributed by atoms with Crippen LogP contribution in [0, 0.1) is 76.2 Å². The van der Waals surface area contributed by atoms with Crippen LogP contribution in [0.15, 0.2) is 321 Å². The summed E-state index contributed by atoms with van der Waals surface area (Å²) in [5, 5.41) is 42.7. The number of nitrogens with two attached hydrogens (primary N) is 1. The summed E-state index contributed by atoms with van der Waals surface area (Å²) in [6, 6.07) is 89.6. The summed E-state index contributed by atoms with van der Waals surface area (Å²) in [5.41, 5.74) is 38.2. The molecule has 7 aromatic carbocycles. The van der Waals surface area contributed by atoms with Gasteiger partial charge in [0.2, 0.25) is 0 Å². The van der Waals surface area contributed by atoms with Crippen LogP contribution in [-0.4, -0.2) is 103 Å². The average molecular weight is 1840 g/mol. The van der Waals surface area contributed by atoms with Crippen molar-refractivity contribution in [1.82, 2.24) is 72.7 Å². The number of aliphatic carboxylic acids is 1. The van der Waals surface area contributed by atoms with Crippen LogP contribution >= 0.6 is 0 Å². The number of fused-ring (bicyclic) bond motifs is 5. The predicted octanol–water partition coefficient (Wildman–Crippen LogP) is 24.5. The van der Waals surface area contributed by atoms with Crippen LogP contribution in [0.25, 0.3) is 140 Å².